The summed E-state index contributed by atoms with van der Waals surface area (Å²) < 4.78 is 71.5. The van der Waals surface area contributed by atoms with Gasteiger partial charge in [-0.1, -0.05) is 344 Å². The fourth-order valence-electron chi connectivity index (χ4n) is 16.4. The van der Waals surface area contributed by atoms with Gasteiger partial charge in [0.25, 0.3) is 11.6 Å². The van der Waals surface area contributed by atoms with Crippen molar-refractivity contribution in [3.8, 4) is 74.2 Å². The quantitative estimate of drug-likeness (QED) is 0.0119. The minimum atomic E-state index is -1.92. The number of hydrogen-bond acceptors (Lipinski definition) is 17. The molecule has 2 atom stereocenters. The van der Waals surface area contributed by atoms with Crippen LogP contribution in [0.2, 0.25) is 5.02 Å². The van der Waals surface area contributed by atoms with Gasteiger partial charge in [-0.25, -0.2) is 17.6 Å². The second kappa shape index (κ2) is 49.1. The molecule has 0 aliphatic heterocycles. The average molecular weight is 2020 g/mol. The molecule has 0 amide bonds. The first-order valence-electron chi connectivity index (χ1n) is 49.4. The Morgan fingerprint density at radius 1 is 0.456 bits per heavy atom. The number of aliphatic imine (C=N–C) groups is 5. The van der Waals surface area contributed by atoms with Gasteiger partial charge in [-0.2, -0.15) is 4.98 Å². The van der Waals surface area contributed by atoms with Crippen molar-refractivity contribution < 1.29 is 62.0 Å². The van der Waals surface area contributed by atoms with Crippen LogP contribution in [0.1, 0.15) is 313 Å². The van der Waals surface area contributed by atoms with E-state index in [2.05, 4.69) is 194 Å². The number of nitro benzene ring substituents is 1. The molecular weight excluding hydrogens is 1870 g/mol. The van der Waals surface area contributed by atoms with Crippen molar-refractivity contribution >= 4 is 65.4 Å². The smallest absolute Gasteiger partial charge is 0.270 e. The van der Waals surface area contributed by atoms with Gasteiger partial charge < -0.3 is 39.5 Å². The van der Waals surface area contributed by atoms with Gasteiger partial charge in [-0.3, -0.25) is 35.1 Å². The highest BCUT2D eigenvalue weighted by Crippen LogP contribution is 2.47. The van der Waals surface area contributed by atoms with E-state index in [1.165, 1.54) is 23.3 Å². The SMILES string of the molecule is C.CC(C)(C)c1cc(C=NC2CCCCC2N=Cc2cc(C(C)(C)C)cc(C(C)(C)C)c2O)c(O)c(C(C)(C)C)c1.CC(C)c1cccc(C(C)C)c1N=Cc1cc([N+](=O)[O-])ccc1OCc1ccccc1.COc1ccccc1N=Cc1ccccc1O.Cc1c(F)c(F)c(F)c(F)c1N=Cc1cc(C(C)(C)C)cc(C(C)(C)C)c1O.Cc1cccc(Cl)c1-c1noc(-c2cc(C(C)(C)C)cc(-c3ccccc3)c2O)n1. The molecule has 1 aliphatic carbocycles. The minimum absolute atomic E-state index is 0. The molecule has 1 saturated carbocycles. The number of aryl methyl sites for hydroxylation is 1. The first kappa shape index (κ1) is 117. The molecule has 5 N–H and O–H groups in total. The normalized spacial score (nSPS) is 13.8. The maximum Gasteiger partial charge on any atom is 0.270 e. The van der Waals surface area contributed by atoms with E-state index in [0.717, 1.165) is 123 Å². The summed E-state index contributed by atoms with van der Waals surface area (Å²) in [6, 6.07) is 66.6. The lowest BCUT2D eigenvalue weighted by molar-refractivity contribution is -0.384. The molecule has 0 spiro atoms. The lowest BCUT2D eigenvalue weighted by atomic mass is 9.79. The van der Waals surface area contributed by atoms with E-state index in [9.17, 15) is 53.2 Å². The number of rotatable bonds is 20. The number of benzene rings is 12. The van der Waals surface area contributed by atoms with E-state index in [1.54, 1.807) is 55.9 Å². The van der Waals surface area contributed by atoms with Crippen LogP contribution >= 0.6 is 11.6 Å². The Hall–Kier alpha value is -13.9. The van der Waals surface area contributed by atoms with Gasteiger partial charge in [0.2, 0.25) is 5.82 Å². The third-order valence-corrected chi connectivity index (χ3v) is 25.7. The lowest BCUT2D eigenvalue weighted by Crippen LogP contribution is -2.27. The van der Waals surface area contributed by atoms with Gasteiger partial charge in [-0.15, -0.1) is 0 Å². The molecule has 778 valence electrons. The van der Waals surface area contributed by atoms with Crippen molar-refractivity contribution in [2.24, 2.45) is 25.0 Å². The summed E-state index contributed by atoms with van der Waals surface area (Å²) in [5.41, 5.74) is 16.5. The Kier molecular flexibility index (Phi) is 39.0. The number of aromatic nitrogens is 2. The van der Waals surface area contributed by atoms with Crippen LogP contribution in [0.15, 0.2) is 242 Å². The summed E-state index contributed by atoms with van der Waals surface area (Å²) in [7, 11) is 1.61. The van der Waals surface area contributed by atoms with E-state index in [4.69, 9.17) is 40.6 Å². The second-order valence-corrected chi connectivity index (χ2v) is 45.2. The Balaban J connectivity index is 0.000000208. The molecule has 1 fully saturated rings. The van der Waals surface area contributed by atoms with Crippen molar-refractivity contribution in [1.29, 1.82) is 0 Å². The van der Waals surface area contributed by atoms with Gasteiger partial charge in [0, 0.05) is 104 Å². The molecule has 147 heavy (non-hydrogen) atoms. The van der Waals surface area contributed by atoms with Gasteiger partial charge in [-0.05, 0) is 193 Å². The van der Waals surface area contributed by atoms with Gasteiger partial charge in [0.05, 0.1) is 40.4 Å². The molecule has 13 aromatic rings. The number of para-hydroxylation sites is 4. The van der Waals surface area contributed by atoms with E-state index in [-0.39, 0.29) is 91.8 Å². The van der Waals surface area contributed by atoms with Crippen molar-refractivity contribution in [1.82, 2.24) is 10.1 Å². The zero-order valence-electron chi connectivity index (χ0n) is 89.7. The van der Waals surface area contributed by atoms with Gasteiger partial charge in [0.15, 0.2) is 23.3 Å². The average Bonchev–Trinajstić information content (AvgIpc) is 1.75. The van der Waals surface area contributed by atoms with Gasteiger partial charge >= 0.3 is 0 Å². The number of aromatic hydroxyl groups is 5. The number of hydrogen-bond donors (Lipinski definition) is 5. The van der Waals surface area contributed by atoms with E-state index in [0.29, 0.717) is 74.5 Å². The summed E-state index contributed by atoms with van der Waals surface area (Å²) in [6.07, 6.45) is 12.3. The minimum Gasteiger partial charge on any atom is -0.507 e. The number of nitro groups is 1. The summed E-state index contributed by atoms with van der Waals surface area (Å²) in [5, 5.41) is 69.9. The highest BCUT2D eigenvalue weighted by molar-refractivity contribution is 6.33. The summed E-state index contributed by atoms with van der Waals surface area (Å²) in [6.45, 7) is 56.2. The Labute approximate surface area is 872 Å². The summed E-state index contributed by atoms with van der Waals surface area (Å²) >= 11 is 6.37. The van der Waals surface area contributed by atoms with Crippen molar-refractivity contribution in [2.45, 2.75) is 288 Å². The molecule has 0 bridgehead atoms. The largest absolute Gasteiger partial charge is 0.507 e. The zero-order chi connectivity index (χ0) is 108. The second-order valence-electron chi connectivity index (χ2n) is 44.8. The van der Waals surface area contributed by atoms with E-state index >= 15 is 0 Å². The van der Waals surface area contributed by atoms with Crippen LogP contribution in [-0.4, -0.2) is 90.9 Å². The lowest BCUT2D eigenvalue weighted by Gasteiger charge is -2.28. The third kappa shape index (κ3) is 30.4. The number of non-ortho nitro benzene ring substituents is 1. The highest BCUT2D eigenvalue weighted by Gasteiger charge is 2.33. The highest BCUT2D eigenvalue weighted by atomic mass is 35.5. The van der Waals surface area contributed by atoms with Crippen LogP contribution in [0.25, 0.3) is 34.0 Å². The predicted molar refractivity (Wildman–Crippen MR) is 598 cm³/mol. The number of phenols is 5. The maximum absolute atomic E-state index is 14.1. The van der Waals surface area contributed by atoms with E-state index in [1.807, 2.05) is 182 Å². The molecule has 0 radical (unpaired) electrons. The molecule has 18 nitrogen and oxygen atoms in total. The molecule has 2 unspecified atom stereocenters. The van der Waals surface area contributed by atoms with Crippen LogP contribution in [0.3, 0.4) is 0 Å². The fourth-order valence-corrected chi connectivity index (χ4v) is 16.7. The van der Waals surface area contributed by atoms with Crippen LogP contribution in [0.5, 0.6) is 40.2 Å². The molecule has 23 heteroatoms. The number of phenolic OH excluding ortho intramolecular Hbond substituents is 5. The Bertz CT molecular complexity index is 6740. The van der Waals surface area contributed by atoms with Crippen molar-refractivity contribution in [3.05, 3.63) is 345 Å². The topological polar surface area (TPSA) is 263 Å². The van der Waals surface area contributed by atoms with Crippen LogP contribution in [-0.2, 0) is 44.5 Å². The first-order chi connectivity index (χ1) is 68.3. The monoisotopic (exact) mass is 2020 g/mol. The zero-order valence-corrected chi connectivity index (χ0v) is 90.4. The predicted octanol–water partition coefficient (Wildman–Crippen LogP) is 33.7. The summed E-state index contributed by atoms with van der Waals surface area (Å²) in [5.74, 6) is -3.40. The van der Waals surface area contributed by atoms with Crippen LogP contribution in [0.4, 0.5) is 40.3 Å². The molecule has 14 rings (SSSR count). The number of halogens is 5. The number of nitrogens with zero attached hydrogens (tertiary/aromatic N) is 8. The van der Waals surface area contributed by atoms with Crippen molar-refractivity contribution in [3.63, 3.8) is 0 Å². The van der Waals surface area contributed by atoms with E-state index < -0.39 is 39.4 Å². The standard InChI is InChI=1S/C36H54N2O2.C26H28N2O3.C25H23ClN2O2.C22H25F4NO.C14H13NO2.CH4/c1-33(2,3)25-17-23(31(39)27(19-25)35(7,8)9)21-37-29-15-13-14-16-30(29)38-22-24-18-26(34(4,5)6)20-28(32(24)40)36(10,11)12;1-18(2)23-11-8-12-24(19(3)4)26(23)27-16-21-15-22(28(29)30)13-14-25(21)31-17-20-9-6-5-7-10-20;1-15-9-8-12-20(26)21(15)23-27-24(30-28-23)19-14-17(25(2,3)4)13-18(22(19)29)16-10-6-5-7-11-16;1-11-15(23)16(24)17(25)18(26)19(11)27-10-12-8-13(21(2,3)4)9-14(20(12)28)22(5,6)7;1-17-14-9-5-3-7-12(14)15-10-11-6-2-4-8-13(11)16;/h17-22,29-30,39-40H,13-16H2,1-12H3;5-16,18-19H,17H2,1-4H3;5-14,29H,1-4H3;8-10,28H,1-7H3;2-10,16H,1H3;1H4. The fraction of sp³-hybridized carbons (Fsp3) is 0.363. The third-order valence-electron chi connectivity index (χ3n) is 25.4. The maximum atomic E-state index is 14.1. The molecule has 1 aliphatic rings. The number of methoxy groups -OCH3 is 1. The Morgan fingerprint density at radius 3 is 1.37 bits per heavy atom. The Morgan fingerprint density at radius 2 is 0.891 bits per heavy atom. The first-order valence-corrected chi connectivity index (χ1v) is 49.8. The molecular formula is C124H147ClF4N8O10. The van der Waals surface area contributed by atoms with Gasteiger partial charge in [0.1, 0.15) is 58.2 Å². The van der Waals surface area contributed by atoms with Crippen LogP contribution < -0.4 is 9.47 Å². The van der Waals surface area contributed by atoms with Crippen LogP contribution in [0, 0.1) is 47.2 Å². The molecule has 1 heterocycles. The van der Waals surface area contributed by atoms with Crippen molar-refractivity contribution in [2.75, 3.05) is 7.11 Å². The number of ether oxygens (including phenoxy) is 2. The molecule has 0 saturated heterocycles. The molecule has 12 aromatic carbocycles. The summed E-state index contributed by atoms with van der Waals surface area (Å²) in [4.78, 5) is 38.5. The molecule has 1 aromatic heterocycles.